The quantitative estimate of drug-likeness (QED) is 0.793. The van der Waals surface area contributed by atoms with Crippen LogP contribution in [-0.4, -0.2) is 28.1 Å². The third-order valence-electron chi connectivity index (χ3n) is 4.09. The highest BCUT2D eigenvalue weighted by atomic mass is 32.1. The molecule has 0 saturated heterocycles. The van der Waals surface area contributed by atoms with E-state index in [0.717, 1.165) is 17.0 Å². The summed E-state index contributed by atoms with van der Waals surface area (Å²) in [5.74, 6) is -0.374. The first-order valence-electron chi connectivity index (χ1n) is 8.45. The zero-order chi connectivity index (χ0) is 18.4. The molecule has 0 saturated carbocycles. The molecule has 7 heteroatoms. The highest BCUT2D eigenvalue weighted by Crippen LogP contribution is 2.26. The van der Waals surface area contributed by atoms with Crippen LogP contribution >= 0.6 is 11.3 Å². The largest absolute Gasteiger partial charge is 0.344 e. The van der Waals surface area contributed by atoms with E-state index in [1.54, 1.807) is 6.92 Å². The van der Waals surface area contributed by atoms with Crippen molar-refractivity contribution >= 4 is 28.3 Å². The fourth-order valence-electron chi connectivity index (χ4n) is 2.25. The van der Waals surface area contributed by atoms with Crippen LogP contribution in [0.15, 0.2) is 24.3 Å². The lowest BCUT2D eigenvalue weighted by molar-refractivity contribution is -0.127. The van der Waals surface area contributed by atoms with Gasteiger partial charge in [-0.05, 0) is 12.8 Å². The van der Waals surface area contributed by atoms with Gasteiger partial charge in [0.25, 0.3) is 0 Å². The minimum Gasteiger partial charge on any atom is -0.344 e. The molecule has 0 unspecified atom stereocenters. The predicted octanol–water partition coefficient (Wildman–Crippen LogP) is 3.39. The molecule has 2 aromatic rings. The Labute approximate surface area is 152 Å². The average Bonchev–Trinajstić information content (AvgIpc) is 3.07. The number of aromatic nitrogens is 2. The molecule has 2 N–H and O–H groups in total. The summed E-state index contributed by atoms with van der Waals surface area (Å²) in [6.45, 7) is 7.72. The number of hydrogen-bond acceptors (Lipinski definition) is 5. The first-order chi connectivity index (χ1) is 11.9. The van der Waals surface area contributed by atoms with Crippen LogP contribution in [0, 0.1) is 12.8 Å². The topological polar surface area (TPSA) is 84.0 Å². The van der Waals surface area contributed by atoms with E-state index in [0.29, 0.717) is 11.6 Å². The van der Waals surface area contributed by atoms with Crippen LogP contribution in [0.5, 0.6) is 0 Å². The lowest BCUT2D eigenvalue weighted by Crippen LogP contribution is -2.47. The van der Waals surface area contributed by atoms with Crippen molar-refractivity contribution in [1.29, 1.82) is 0 Å². The number of nitrogens with zero attached hydrogens (tertiary/aromatic N) is 2. The van der Waals surface area contributed by atoms with Crippen molar-refractivity contribution in [3.05, 3.63) is 29.8 Å². The van der Waals surface area contributed by atoms with Crippen LogP contribution in [0.2, 0.25) is 0 Å². The van der Waals surface area contributed by atoms with Gasteiger partial charge in [0.2, 0.25) is 16.9 Å². The average molecular weight is 360 g/mol. The molecular formula is C18H24N4O2S. The first kappa shape index (κ1) is 19.1. The molecule has 0 aliphatic heterocycles. The highest BCUT2D eigenvalue weighted by molar-refractivity contribution is 7.18. The minimum absolute atomic E-state index is 0.0278. The van der Waals surface area contributed by atoms with E-state index in [-0.39, 0.29) is 17.7 Å². The van der Waals surface area contributed by atoms with E-state index < -0.39 is 6.04 Å². The molecule has 2 rings (SSSR count). The van der Waals surface area contributed by atoms with Crippen molar-refractivity contribution in [2.45, 2.75) is 46.6 Å². The van der Waals surface area contributed by atoms with Gasteiger partial charge < -0.3 is 5.32 Å². The first-order valence-corrected chi connectivity index (χ1v) is 9.27. The second-order valence-corrected chi connectivity index (χ2v) is 7.03. The smallest absolute Gasteiger partial charge is 0.249 e. The van der Waals surface area contributed by atoms with Crippen molar-refractivity contribution in [1.82, 2.24) is 15.5 Å². The van der Waals surface area contributed by atoms with Gasteiger partial charge in [0.05, 0.1) is 0 Å². The predicted molar refractivity (Wildman–Crippen MR) is 100 cm³/mol. The van der Waals surface area contributed by atoms with E-state index in [1.807, 2.05) is 45.0 Å². The van der Waals surface area contributed by atoms with Crippen molar-refractivity contribution in [2.24, 2.45) is 5.92 Å². The van der Waals surface area contributed by atoms with Crippen LogP contribution in [0.25, 0.3) is 10.6 Å². The Bertz CT molecular complexity index is 727. The second-order valence-electron chi connectivity index (χ2n) is 6.05. The normalized spacial score (nSPS) is 13.1. The maximum atomic E-state index is 12.6. The van der Waals surface area contributed by atoms with Gasteiger partial charge in [-0.2, -0.15) is 0 Å². The third-order valence-corrected chi connectivity index (χ3v) is 4.97. The number of rotatable bonds is 7. The molecular weight excluding hydrogens is 336 g/mol. The van der Waals surface area contributed by atoms with E-state index in [4.69, 9.17) is 0 Å². The summed E-state index contributed by atoms with van der Waals surface area (Å²) in [5, 5.41) is 14.9. The summed E-state index contributed by atoms with van der Waals surface area (Å²) in [4.78, 5) is 24.3. The Morgan fingerprint density at radius 3 is 2.44 bits per heavy atom. The van der Waals surface area contributed by atoms with Gasteiger partial charge in [-0.15, -0.1) is 10.2 Å². The van der Waals surface area contributed by atoms with Crippen molar-refractivity contribution in [2.75, 3.05) is 5.32 Å². The molecule has 1 aromatic carbocycles. The summed E-state index contributed by atoms with van der Waals surface area (Å²) < 4.78 is 0. The standard InChI is InChI=1S/C18H24N4O2S/c1-5-12(4)15(19-14(23)6-2)16(24)20-18-22-21-17(25-18)13-9-7-11(3)8-10-13/h7-10,12,15H,5-6H2,1-4H3,(H,19,23)(H,20,22,24)/t12-,15+/m0/s1. The third kappa shape index (κ3) is 5.09. The summed E-state index contributed by atoms with van der Waals surface area (Å²) in [5.41, 5.74) is 2.13. The number of amides is 2. The zero-order valence-corrected chi connectivity index (χ0v) is 15.8. The fraction of sp³-hybridized carbons (Fsp3) is 0.444. The fourth-order valence-corrected chi connectivity index (χ4v) is 3.00. The Kier molecular flexibility index (Phi) is 6.64. The lowest BCUT2D eigenvalue weighted by atomic mass is 9.98. The van der Waals surface area contributed by atoms with E-state index in [1.165, 1.54) is 16.9 Å². The number of carbonyl (C=O) groups excluding carboxylic acids is 2. The van der Waals surface area contributed by atoms with Crippen molar-refractivity contribution in [3.8, 4) is 10.6 Å². The maximum absolute atomic E-state index is 12.6. The zero-order valence-electron chi connectivity index (χ0n) is 15.0. The Morgan fingerprint density at radius 2 is 1.84 bits per heavy atom. The van der Waals surface area contributed by atoms with Gasteiger partial charge in [0, 0.05) is 12.0 Å². The van der Waals surface area contributed by atoms with Gasteiger partial charge in [-0.3, -0.25) is 14.9 Å². The van der Waals surface area contributed by atoms with E-state index >= 15 is 0 Å². The van der Waals surface area contributed by atoms with E-state index in [9.17, 15) is 9.59 Å². The summed E-state index contributed by atoms with van der Waals surface area (Å²) in [7, 11) is 0. The van der Waals surface area contributed by atoms with Crippen LogP contribution in [0.4, 0.5) is 5.13 Å². The second kappa shape index (κ2) is 8.71. The number of anilines is 1. The van der Waals surface area contributed by atoms with Crippen molar-refractivity contribution in [3.63, 3.8) is 0 Å². The molecule has 0 aliphatic carbocycles. The molecule has 0 spiro atoms. The monoisotopic (exact) mass is 360 g/mol. The molecule has 1 aromatic heterocycles. The molecule has 2 atom stereocenters. The maximum Gasteiger partial charge on any atom is 0.249 e. The van der Waals surface area contributed by atoms with Crippen LogP contribution in [-0.2, 0) is 9.59 Å². The highest BCUT2D eigenvalue weighted by Gasteiger charge is 2.26. The number of benzene rings is 1. The molecule has 134 valence electrons. The van der Waals surface area contributed by atoms with Crippen LogP contribution < -0.4 is 10.6 Å². The van der Waals surface area contributed by atoms with Gasteiger partial charge in [0.1, 0.15) is 11.0 Å². The molecule has 2 amide bonds. The molecule has 6 nitrogen and oxygen atoms in total. The molecule has 0 bridgehead atoms. The van der Waals surface area contributed by atoms with Crippen LogP contribution in [0.1, 0.15) is 39.2 Å². The number of carbonyl (C=O) groups is 2. The van der Waals surface area contributed by atoms with Gasteiger partial charge in [-0.25, -0.2) is 0 Å². The summed E-state index contributed by atoms with van der Waals surface area (Å²) in [6.07, 6.45) is 1.13. The van der Waals surface area contributed by atoms with Crippen LogP contribution in [0.3, 0.4) is 0 Å². The van der Waals surface area contributed by atoms with Gasteiger partial charge in [-0.1, -0.05) is 68.4 Å². The lowest BCUT2D eigenvalue weighted by Gasteiger charge is -2.22. The summed E-state index contributed by atoms with van der Waals surface area (Å²) >= 11 is 1.31. The SMILES string of the molecule is CCC(=O)N[C@@H](C(=O)Nc1nnc(-c2ccc(C)cc2)s1)[C@@H](C)CC. The number of hydrogen-bond donors (Lipinski definition) is 2. The number of nitrogens with one attached hydrogen (secondary N) is 2. The van der Waals surface area contributed by atoms with Crippen molar-refractivity contribution < 1.29 is 9.59 Å². The molecule has 0 aliphatic rings. The Hall–Kier alpha value is -2.28. The van der Waals surface area contributed by atoms with E-state index in [2.05, 4.69) is 20.8 Å². The molecule has 0 fully saturated rings. The van der Waals surface area contributed by atoms with Gasteiger partial charge >= 0.3 is 0 Å². The Balaban J connectivity index is 2.10. The Morgan fingerprint density at radius 1 is 1.16 bits per heavy atom. The van der Waals surface area contributed by atoms with Gasteiger partial charge in [0.15, 0.2) is 0 Å². The number of aryl methyl sites for hydroxylation is 1. The molecule has 25 heavy (non-hydrogen) atoms. The minimum atomic E-state index is -0.579. The molecule has 1 heterocycles. The molecule has 0 radical (unpaired) electrons. The summed E-state index contributed by atoms with van der Waals surface area (Å²) in [6, 6.07) is 7.39.